The molecule has 1 aliphatic rings. The minimum absolute atomic E-state index is 0.578. The van der Waals surface area contributed by atoms with Gasteiger partial charge in [0, 0.05) is 17.8 Å². The molecule has 1 fully saturated rings. The first-order valence-corrected chi connectivity index (χ1v) is 5.72. The maximum absolute atomic E-state index is 4.24. The van der Waals surface area contributed by atoms with Crippen molar-refractivity contribution >= 4 is 5.82 Å². The smallest absolute Gasteiger partial charge is 0.129 e. The van der Waals surface area contributed by atoms with Gasteiger partial charge in [-0.15, -0.1) is 0 Å². The van der Waals surface area contributed by atoms with E-state index in [0.29, 0.717) is 6.04 Å². The summed E-state index contributed by atoms with van der Waals surface area (Å²) >= 11 is 0. The summed E-state index contributed by atoms with van der Waals surface area (Å²) in [5, 5.41) is 3.51. The average molecular weight is 205 g/mol. The fraction of sp³-hybridized carbons (Fsp3) is 0.667. The van der Waals surface area contributed by atoms with Crippen molar-refractivity contribution in [1.82, 2.24) is 9.97 Å². The van der Waals surface area contributed by atoms with Gasteiger partial charge < -0.3 is 5.32 Å². The number of anilines is 1. The summed E-state index contributed by atoms with van der Waals surface area (Å²) in [4.78, 5) is 8.34. The summed E-state index contributed by atoms with van der Waals surface area (Å²) in [7, 11) is 0. The second-order valence-electron chi connectivity index (χ2n) is 4.71. The van der Waals surface area contributed by atoms with Crippen LogP contribution in [0.5, 0.6) is 0 Å². The lowest BCUT2D eigenvalue weighted by atomic mass is 9.98. The van der Waals surface area contributed by atoms with Crippen LogP contribution < -0.4 is 5.32 Å². The molecule has 3 nitrogen and oxygen atoms in total. The molecule has 2 rings (SSSR count). The molecule has 15 heavy (non-hydrogen) atoms. The predicted molar refractivity (Wildman–Crippen MR) is 61.7 cm³/mol. The Bertz CT molecular complexity index is 337. The van der Waals surface area contributed by atoms with Crippen molar-refractivity contribution in [3.05, 3.63) is 18.1 Å². The van der Waals surface area contributed by atoms with Gasteiger partial charge >= 0.3 is 0 Å². The first kappa shape index (κ1) is 10.4. The number of hydrogen-bond donors (Lipinski definition) is 1. The molecular formula is C12H19N3. The number of hydrogen-bond acceptors (Lipinski definition) is 3. The highest BCUT2D eigenvalue weighted by Gasteiger charge is 2.29. The highest BCUT2D eigenvalue weighted by Crippen LogP contribution is 2.32. The lowest BCUT2D eigenvalue weighted by Crippen LogP contribution is -2.24. The highest BCUT2D eigenvalue weighted by atomic mass is 15.0. The molecule has 0 amide bonds. The van der Waals surface area contributed by atoms with E-state index in [0.717, 1.165) is 23.3 Å². The molecule has 1 aliphatic carbocycles. The molecule has 0 radical (unpaired) electrons. The zero-order valence-corrected chi connectivity index (χ0v) is 9.70. The monoisotopic (exact) mass is 205 g/mol. The molecule has 0 bridgehead atoms. The normalized spacial score (nSPS) is 30.5. The fourth-order valence-electron chi connectivity index (χ4n) is 2.29. The minimum Gasteiger partial charge on any atom is -0.367 e. The van der Waals surface area contributed by atoms with Crippen molar-refractivity contribution in [2.75, 3.05) is 5.32 Å². The summed E-state index contributed by atoms with van der Waals surface area (Å²) in [6, 6.07) is 2.59. The van der Waals surface area contributed by atoms with Crippen LogP contribution in [0, 0.1) is 18.8 Å². The molecule has 1 N–H and O–H groups in total. The maximum atomic E-state index is 4.24. The van der Waals surface area contributed by atoms with Gasteiger partial charge in [0.2, 0.25) is 0 Å². The Labute approximate surface area is 91.3 Å². The molecular weight excluding hydrogens is 186 g/mol. The van der Waals surface area contributed by atoms with E-state index in [4.69, 9.17) is 0 Å². The van der Waals surface area contributed by atoms with Gasteiger partial charge in [-0.1, -0.05) is 13.8 Å². The van der Waals surface area contributed by atoms with Crippen LogP contribution in [0.1, 0.15) is 32.4 Å². The third-order valence-electron chi connectivity index (χ3n) is 3.60. The van der Waals surface area contributed by atoms with Crippen molar-refractivity contribution in [2.24, 2.45) is 11.8 Å². The van der Waals surface area contributed by atoms with Crippen LogP contribution in [-0.4, -0.2) is 16.0 Å². The number of aryl methyl sites for hydroxylation is 1. The van der Waals surface area contributed by atoms with Crippen molar-refractivity contribution < 1.29 is 0 Å². The van der Waals surface area contributed by atoms with E-state index < -0.39 is 0 Å². The van der Waals surface area contributed by atoms with Crippen LogP contribution in [0.2, 0.25) is 0 Å². The van der Waals surface area contributed by atoms with Gasteiger partial charge in [-0.05, 0) is 31.6 Å². The summed E-state index contributed by atoms with van der Waals surface area (Å²) < 4.78 is 0. The Hall–Kier alpha value is -1.12. The lowest BCUT2D eigenvalue weighted by Gasteiger charge is -2.20. The summed E-state index contributed by atoms with van der Waals surface area (Å²) in [5.74, 6) is 2.53. The largest absolute Gasteiger partial charge is 0.367 e. The molecule has 0 spiro atoms. The van der Waals surface area contributed by atoms with Crippen molar-refractivity contribution in [2.45, 2.75) is 39.7 Å². The quantitative estimate of drug-likeness (QED) is 0.806. The topological polar surface area (TPSA) is 37.8 Å². The first-order valence-electron chi connectivity index (χ1n) is 5.72. The highest BCUT2D eigenvalue weighted by molar-refractivity contribution is 5.36. The van der Waals surface area contributed by atoms with Crippen LogP contribution in [0.3, 0.4) is 0 Å². The third-order valence-corrected chi connectivity index (χ3v) is 3.60. The van der Waals surface area contributed by atoms with E-state index in [1.54, 1.807) is 6.33 Å². The second-order valence-corrected chi connectivity index (χ2v) is 4.71. The number of aromatic nitrogens is 2. The SMILES string of the molecule is Cc1cc(NC2CCC(C)C2C)ncn1. The van der Waals surface area contributed by atoms with Crippen LogP contribution in [0.15, 0.2) is 12.4 Å². The standard InChI is InChI=1S/C12H19N3/c1-8-4-5-11(10(8)3)15-12-6-9(2)13-7-14-12/h6-8,10-11H,4-5H2,1-3H3,(H,13,14,15). The van der Waals surface area contributed by atoms with E-state index in [9.17, 15) is 0 Å². The zero-order valence-electron chi connectivity index (χ0n) is 9.70. The minimum atomic E-state index is 0.578. The van der Waals surface area contributed by atoms with Gasteiger partial charge in [0.1, 0.15) is 12.1 Å². The van der Waals surface area contributed by atoms with Crippen LogP contribution in [0.25, 0.3) is 0 Å². The Kier molecular flexibility index (Phi) is 2.89. The first-order chi connectivity index (χ1) is 7.16. The summed E-state index contributed by atoms with van der Waals surface area (Å²) in [6.45, 7) is 6.65. The molecule has 3 atom stereocenters. The maximum Gasteiger partial charge on any atom is 0.129 e. The van der Waals surface area contributed by atoms with Gasteiger partial charge in [-0.25, -0.2) is 9.97 Å². The molecule has 1 aromatic rings. The molecule has 1 saturated carbocycles. The second kappa shape index (κ2) is 4.17. The number of nitrogens with zero attached hydrogens (tertiary/aromatic N) is 2. The van der Waals surface area contributed by atoms with Gasteiger partial charge in [0.15, 0.2) is 0 Å². The van der Waals surface area contributed by atoms with Gasteiger partial charge in [0.05, 0.1) is 0 Å². The molecule has 0 aliphatic heterocycles. The molecule has 1 heterocycles. The zero-order chi connectivity index (χ0) is 10.8. The summed E-state index contributed by atoms with van der Waals surface area (Å²) in [6.07, 6.45) is 4.20. The third kappa shape index (κ3) is 2.28. The summed E-state index contributed by atoms with van der Waals surface area (Å²) in [5.41, 5.74) is 1.02. The Balaban J connectivity index is 2.03. The van der Waals surface area contributed by atoms with Crippen molar-refractivity contribution in [1.29, 1.82) is 0 Å². The predicted octanol–water partition coefficient (Wildman–Crippen LogP) is 2.63. The fourth-order valence-corrected chi connectivity index (χ4v) is 2.29. The van der Waals surface area contributed by atoms with Gasteiger partial charge in [-0.3, -0.25) is 0 Å². The Morgan fingerprint density at radius 1 is 1.27 bits per heavy atom. The van der Waals surface area contributed by atoms with E-state index in [2.05, 4.69) is 29.1 Å². The van der Waals surface area contributed by atoms with Crippen LogP contribution >= 0.6 is 0 Å². The number of nitrogens with one attached hydrogen (secondary N) is 1. The molecule has 82 valence electrons. The van der Waals surface area contributed by atoms with E-state index in [1.807, 2.05) is 13.0 Å². The molecule has 3 heteroatoms. The van der Waals surface area contributed by atoms with E-state index in [-0.39, 0.29) is 0 Å². The van der Waals surface area contributed by atoms with Crippen molar-refractivity contribution in [3.63, 3.8) is 0 Å². The lowest BCUT2D eigenvalue weighted by molar-refractivity contribution is 0.435. The van der Waals surface area contributed by atoms with E-state index in [1.165, 1.54) is 12.8 Å². The number of rotatable bonds is 2. The molecule has 0 aromatic carbocycles. The van der Waals surface area contributed by atoms with Gasteiger partial charge in [0.25, 0.3) is 0 Å². The molecule has 3 unspecified atom stereocenters. The molecule has 0 saturated heterocycles. The molecule has 1 aromatic heterocycles. The van der Waals surface area contributed by atoms with Crippen LogP contribution in [-0.2, 0) is 0 Å². The Morgan fingerprint density at radius 2 is 2.07 bits per heavy atom. The average Bonchev–Trinajstić information content (AvgIpc) is 2.50. The Morgan fingerprint density at radius 3 is 2.67 bits per heavy atom. The van der Waals surface area contributed by atoms with E-state index >= 15 is 0 Å². The van der Waals surface area contributed by atoms with Crippen LogP contribution in [0.4, 0.5) is 5.82 Å². The van der Waals surface area contributed by atoms with Gasteiger partial charge in [-0.2, -0.15) is 0 Å². The van der Waals surface area contributed by atoms with Crippen molar-refractivity contribution in [3.8, 4) is 0 Å².